The summed E-state index contributed by atoms with van der Waals surface area (Å²) in [5.74, 6) is -0.00624. The van der Waals surface area contributed by atoms with Crippen LogP contribution in [0.15, 0.2) is 67.0 Å². The Kier molecular flexibility index (Phi) is 5.16. The van der Waals surface area contributed by atoms with Gasteiger partial charge >= 0.3 is 11.3 Å². The van der Waals surface area contributed by atoms with E-state index in [2.05, 4.69) is 5.32 Å². The van der Waals surface area contributed by atoms with Gasteiger partial charge in [0, 0.05) is 42.6 Å². The first-order valence-corrected chi connectivity index (χ1v) is 9.10. The number of phenolic OH excluding ortho intramolecular Hbond substituents is 1. The van der Waals surface area contributed by atoms with Gasteiger partial charge in [-0.2, -0.15) is 0 Å². The fourth-order valence-corrected chi connectivity index (χ4v) is 3.30. The Bertz CT molecular complexity index is 1300. The summed E-state index contributed by atoms with van der Waals surface area (Å²) in [5.41, 5.74) is 0.605. The molecule has 0 bridgehead atoms. The largest absolute Gasteiger partial charge is 0.507 e. The van der Waals surface area contributed by atoms with Gasteiger partial charge in [-0.15, -0.1) is 0 Å². The number of methoxy groups -OCH3 is 1. The predicted molar refractivity (Wildman–Crippen MR) is 109 cm³/mol. The van der Waals surface area contributed by atoms with Crippen LogP contribution in [0.1, 0.15) is 5.56 Å². The quantitative estimate of drug-likeness (QED) is 0.383. The number of para-hydroxylation sites is 1. The molecule has 7 nitrogen and oxygen atoms in total. The first-order chi connectivity index (χ1) is 14.1. The highest BCUT2D eigenvalue weighted by Crippen LogP contribution is 2.32. The van der Waals surface area contributed by atoms with Crippen LogP contribution in [0.25, 0.3) is 33.1 Å². The molecular formula is C22H19NO6. The van der Waals surface area contributed by atoms with Gasteiger partial charge in [0.1, 0.15) is 16.9 Å². The van der Waals surface area contributed by atoms with E-state index in [1.807, 2.05) is 12.1 Å². The Morgan fingerprint density at radius 2 is 1.86 bits per heavy atom. The lowest BCUT2D eigenvalue weighted by atomic mass is 10.00. The Balaban J connectivity index is 1.91. The zero-order valence-corrected chi connectivity index (χ0v) is 15.7. The van der Waals surface area contributed by atoms with Crippen molar-refractivity contribution < 1.29 is 18.7 Å². The minimum Gasteiger partial charge on any atom is -0.507 e. The van der Waals surface area contributed by atoms with Gasteiger partial charge in [-0.05, 0) is 24.3 Å². The molecule has 0 radical (unpaired) electrons. The fourth-order valence-electron chi connectivity index (χ4n) is 3.30. The molecule has 2 heterocycles. The molecule has 0 atom stereocenters. The second-order valence-electron chi connectivity index (χ2n) is 6.57. The van der Waals surface area contributed by atoms with Crippen LogP contribution in [0.4, 0.5) is 0 Å². The number of rotatable bonds is 6. The lowest BCUT2D eigenvalue weighted by Gasteiger charge is -2.11. The molecule has 4 rings (SSSR count). The topological polar surface area (TPSA) is 102 Å². The molecule has 2 aromatic carbocycles. The summed E-state index contributed by atoms with van der Waals surface area (Å²) in [5, 5.41) is 14.7. The third kappa shape index (κ3) is 3.65. The summed E-state index contributed by atoms with van der Waals surface area (Å²) in [7, 11) is 1.59. The van der Waals surface area contributed by atoms with E-state index in [1.54, 1.807) is 31.4 Å². The Labute approximate surface area is 165 Å². The van der Waals surface area contributed by atoms with Crippen LogP contribution in [0.3, 0.4) is 0 Å². The van der Waals surface area contributed by atoms with Crippen LogP contribution < -0.4 is 16.6 Å². The van der Waals surface area contributed by atoms with E-state index < -0.39 is 11.3 Å². The van der Waals surface area contributed by atoms with Gasteiger partial charge in [0.05, 0.1) is 17.7 Å². The number of nitrogens with one attached hydrogen (secondary N) is 1. The zero-order valence-electron chi connectivity index (χ0n) is 15.7. The zero-order chi connectivity index (χ0) is 20.4. The highest BCUT2D eigenvalue weighted by molar-refractivity contribution is 5.97. The summed E-state index contributed by atoms with van der Waals surface area (Å²) in [6.07, 6.45) is 0. The number of aromatic hydroxyl groups is 1. The number of fused-ring (bicyclic) bond motifs is 2. The Morgan fingerprint density at radius 1 is 1.03 bits per heavy atom. The molecule has 2 aromatic heterocycles. The van der Waals surface area contributed by atoms with Crippen LogP contribution in [-0.2, 0) is 11.3 Å². The average Bonchev–Trinajstić information content (AvgIpc) is 2.71. The van der Waals surface area contributed by atoms with Crippen molar-refractivity contribution in [3.8, 4) is 16.9 Å². The average molecular weight is 393 g/mol. The van der Waals surface area contributed by atoms with Crippen LogP contribution in [-0.4, -0.2) is 25.4 Å². The van der Waals surface area contributed by atoms with Crippen LogP contribution in [0.2, 0.25) is 0 Å². The first-order valence-electron chi connectivity index (χ1n) is 9.10. The molecule has 148 valence electrons. The van der Waals surface area contributed by atoms with Gasteiger partial charge in [-0.3, -0.25) is 0 Å². The monoisotopic (exact) mass is 393 g/mol. The maximum absolute atomic E-state index is 12.6. The van der Waals surface area contributed by atoms with Gasteiger partial charge in [0.25, 0.3) is 0 Å². The lowest BCUT2D eigenvalue weighted by Crippen LogP contribution is -2.19. The van der Waals surface area contributed by atoms with E-state index in [-0.39, 0.29) is 23.4 Å². The standard InChI is InChI=1S/C22H19NO6/c1-27-9-8-23-12-17-18(24)7-6-14-15(11-20(25)29-21(14)17)16-10-13-4-2-3-5-19(13)28-22(16)26/h2-7,10-11,23-24H,8-9,12H2,1H3. The molecule has 29 heavy (non-hydrogen) atoms. The van der Waals surface area contributed by atoms with Crippen LogP contribution >= 0.6 is 0 Å². The van der Waals surface area contributed by atoms with Gasteiger partial charge in [-0.25, -0.2) is 9.59 Å². The minimum absolute atomic E-state index is 0.00624. The summed E-state index contributed by atoms with van der Waals surface area (Å²) >= 11 is 0. The summed E-state index contributed by atoms with van der Waals surface area (Å²) < 4.78 is 15.8. The molecule has 2 N–H and O–H groups in total. The molecule has 4 aromatic rings. The SMILES string of the molecule is COCCNCc1c(O)ccc2c(-c3cc4ccccc4oc3=O)cc(=O)oc12. The van der Waals surface area contributed by atoms with Crippen molar-refractivity contribution in [2.24, 2.45) is 0 Å². The van der Waals surface area contributed by atoms with Gasteiger partial charge in [0.2, 0.25) is 0 Å². The molecule has 0 aliphatic rings. The van der Waals surface area contributed by atoms with E-state index in [0.29, 0.717) is 35.2 Å². The Morgan fingerprint density at radius 3 is 2.69 bits per heavy atom. The van der Waals surface area contributed by atoms with Crippen LogP contribution in [0, 0.1) is 0 Å². The van der Waals surface area contributed by atoms with Gasteiger partial charge in [0.15, 0.2) is 0 Å². The molecule has 0 saturated carbocycles. The normalized spacial score (nSPS) is 11.3. The fraction of sp³-hybridized carbons (Fsp3) is 0.182. The van der Waals surface area contributed by atoms with Crippen molar-refractivity contribution in [3.63, 3.8) is 0 Å². The van der Waals surface area contributed by atoms with Crippen molar-refractivity contribution in [3.05, 3.63) is 74.9 Å². The molecule has 0 fully saturated rings. The summed E-state index contributed by atoms with van der Waals surface area (Å²) in [6, 6.07) is 13.3. The van der Waals surface area contributed by atoms with Crippen LogP contribution in [0.5, 0.6) is 5.75 Å². The number of hydrogen-bond acceptors (Lipinski definition) is 7. The third-order valence-electron chi connectivity index (χ3n) is 4.71. The second-order valence-corrected chi connectivity index (χ2v) is 6.57. The van der Waals surface area contributed by atoms with E-state index in [4.69, 9.17) is 13.6 Å². The molecule has 0 spiro atoms. The number of phenols is 1. The molecule has 0 amide bonds. The molecular weight excluding hydrogens is 374 g/mol. The third-order valence-corrected chi connectivity index (χ3v) is 4.71. The van der Waals surface area contributed by atoms with Gasteiger partial charge in [-0.1, -0.05) is 18.2 Å². The van der Waals surface area contributed by atoms with E-state index in [1.165, 1.54) is 12.1 Å². The minimum atomic E-state index is -0.621. The van der Waals surface area contributed by atoms with Crippen molar-refractivity contribution in [2.75, 3.05) is 20.3 Å². The molecule has 0 aliphatic carbocycles. The lowest BCUT2D eigenvalue weighted by molar-refractivity contribution is 0.199. The molecule has 0 saturated heterocycles. The molecule has 0 unspecified atom stereocenters. The van der Waals surface area contributed by atoms with Crippen molar-refractivity contribution >= 4 is 21.9 Å². The Hall–Kier alpha value is -3.42. The highest BCUT2D eigenvalue weighted by atomic mass is 16.5. The second kappa shape index (κ2) is 7.90. The molecule has 7 heteroatoms. The summed E-state index contributed by atoms with van der Waals surface area (Å²) in [4.78, 5) is 24.9. The smallest absolute Gasteiger partial charge is 0.344 e. The van der Waals surface area contributed by atoms with Gasteiger partial charge < -0.3 is 24.0 Å². The highest BCUT2D eigenvalue weighted by Gasteiger charge is 2.17. The summed E-state index contributed by atoms with van der Waals surface area (Å²) in [6.45, 7) is 1.33. The first kappa shape index (κ1) is 18.9. The van der Waals surface area contributed by atoms with E-state index in [0.717, 1.165) is 5.39 Å². The molecule has 0 aliphatic heterocycles. The van der Waals surface area contributed by atoms with E-state index >= 15 is 0 Å². The van der Waals surface area contributed by atoms with Crippen molar-refractivity contribution in [1.29, 1.82) is 0 Å². The number of hydrogen-bond donors (Lipinski definition) is 2. The predicted octanol–water partition coefficient (Wildman–Crippen LogP) is 3.01. The van der Waals surface area contributed by atoms with Crippen molar-refractivity contribution in [2.45, 2.75) is 6.54 Å². The number of ether oxygens (including phenoxy) is 1. The maximum atomic E-state index is 12.6. The van der Waals surface area contributed by atoms with Crippen molar-refractivity contribution in [1.82, 2.24) is 5.32 Å². The maximum Gasteiger partial charge on any atom is 0.344 e. The van der Waals surface area contributed by atoms with E-state index in [9.17, 15) is 14.7 Å². The number of benzene rings is 2.